The van der Waals surface area contributed by atoms with Crippen LogP contribution < -0.4 is 5.56 Å². The van der Waals surface area contributed by atoms with Crippen LogP contribution in [-0.4, -0.2) is 25.1 Å². The quantitative estimate of drug-likeness (QED) is 0.584. The highest BCUT2D eigenvalue weighted by Gasteiger charge is 2.16. The van der Waals surface area contributed by atoms with Crippen LogP contribution in [0.3, 0.4) is 0 Å². The zero-order valence-electron chi connectivity index (χ0n) is 10.7. The molecule has 0 fully saturated rings. The van der Waals surface area contributed by atoms with Crippen molar-refractivity contribution >= 4 is 11.0 Å². The number of H-pyrrole nitrogens is 2. The fraction of sp³-hybridized carbons (Fsp3) is 0. The number of fused-ring (bicyclic) bond motifs is 1. The molecule has 4 aromatic rings. The largest absolute Gasteiger partial charge is 0.463 e. The van der Waals surface area contributed by atoms with Gasteiger partial charge in [0.05, 0.1) is 17.3 Å². The van der Waals surface area contributed by atoms with Gasteiger partial charge in [-0.3, -0.25) is 15.0 Å². The van der Waals surface area contributed by atoms with Crippen molar-refractivity contribution in [3.05, 3.63) is 53.4 Å². The Bertz CT molecular complexity index is 954. The number of aromatic nitrogens is 5. The lowest BCUT2D eigenvalue weighted by molar-refractivity contribution is 0.580. The third kappa shape index (κ3) is 1.83. The van der Waals surface area contributed by atoms with E-state index in [1.165, 1.54) is 6.33 Å². The van der Waals surface area contributed by atoms with E-state index in [0.717, 1.165) is 0 Å². The number of hydrogen-bond donors (Lipinski definition) is 2. The first-order valence-electron chi connectivity index (χ1n) is 6.24. The lowest BCUT2D eigenvalue weighted by Crippen LogP contribution is -1.99. The Labute approximate surface area is 117 Å². The Hall–Kier alpha value is -3.22. The Kier molecular flexibility index (Phi) is 2.43. The zero-order chi connectivity index (χ0) is 14.2. The maximum Gasteiger partial charge on any atom is 0.273 e. The number of nitrogens with one attached hydrogen (secondary N) is 2. The van der Waals surface area contributed by atoms with Gasteiger partial charge in [-0.2, -0.15) is 0 Å². The van der Waals surface area contributed by atoms with Crippen LogP contribution in [0, 0.1) is 0 Å². The summed E-state index contributed by atoms with van der Waals surface area (Å²) in [5, 5.41) is 5.74. The molecule has 0 aliphatic carbocycles. The van der Waals surface area contributed by atoms with Crippen LogP contribution in [0.1, 0.15) is 0 Å². The molecule has 0 aliphatic heterocycles. The lowest BCUT2D eigenvalue weighted by atomic mass is 10.1. The van der Waals surface area contributed by atoms with Crippen molar-refractivity contribution in [2.45, 2.75) is 0 Å². The van der Waals surface area contributed by atoms with E-state index in [1.54, 1.807) is 30.7 Å². The number of furan rings is 1. The van der Waals surface area contributed by atoms with Crippen LogP contribution in [0.4, 0.5) is 0 Å². The van der Waals surface area contributed by atoms with Crippen LogP contribution in [0.25, 0.3) is 33.7 Å². The third-order valence-corrected chi connectivity index (χ3v) is 3.17. The number of hydrogen-bond acceptors (Lipinski definition) is 5. The van der Waals surface area contributed by atoms with Gasteiger partial charge >= 0.3 is 0 Å². The Morgan fingerprint density at radius 2 is 2.14 bits per heavy atom. The molecule has 0 saturated carbocycles. The first kappa shape index (κ1) is 11.6. The van der Waals surface area contributed by atoms with Gasteiger partial charge in [0.25, 0.3) is 5.56 Å². The maximum absolute atomic E-state index is 11.8. The average Bonchev–Trinajstić information content (AvgIpc) is 3.17. The standard InChI is InChI=1S/C14H9N5O2/c20-14-9-6-8(10-3-4-15-7-16-10)12(11-2-1-5-21-11)17-13(9)18-19-14/h1-7H,(H2,17,18,19,20). The molecule has 7 heteroatoms. The predicted molar refractivity (Wildman–Crippen MR) is 75.4 cm³/mol. The van der Waals surface area contributed by atoms with Crippen molar-refractivity contribution < 1.29 is 4.42 Å². The van der Waals surface area contributed by atoms with Crippen LogP contribution >= 0.6 is 0 Å². The van der Waals surface area contributed by atoms with E-state index in [0.29, 0.717) is 33.7 Å². The molecule has 0 saturated heterocycles. The third-order valence-electron chi connectivity index (χ3n) is 3.17. The van der Waals surface area contributed by atoms with Gasteiger partial charge in [-0.15, -0.1) is 0 Å². The molecule has 4 aromatic heterocycles. The predicted octanol–water partition coefficient (Wildman–Crippen LogP) is 1.97. The molecule has 4 rings (SSSR count). The summed E-state index contributed by atoms with van der Waals surface area (Å²) in [4.78, 5) is 24.4. The molecule has 0 spiro atoms. The fourth-order valence-corrected chi connectivity index (χ4v) is 2.21. The monoisotopic (exact) mass is 279 g/mol. The zero-order valence-corrected chi connectivity index (χ0v) is 10.7. The summed E-state index contributed by atoms with van der Waals surface area (Å²) in [5.74, 6) is 0.604. The van der Waals surface area contributed by atoms with Gasteiger partial charge in [0, 0.05) is 11.8 Å². The molecule has 21 heavy (non-hydrogen) atoms. The van der Waals surface area contributed by atoms with E-state index in [1.807, 2.05) is 6.07 Å². The van der Waals surface area contributed by atoms with Crippen LogP contribution in [0.5, 0.6) is 0 Å². The van der Waals surface area contributed by atoms with Crippen molar-refractivity contribution in [2.24, 2.45) is 0 Å². The number of aromatic amines is 2. The van der Waals surface area contributed by atoms with Gasteiger partial charge < -0.3 is 4.42 Å². The molecule has 0 aliphatic rings. The van der Waals surface area contributed by atoms with E-state index >= 15 is 0 Å². The molecule has 7 nitrogen and oxygen atoms in total. The Morgan fingerprint density at radius 3 is 2.90 bits per heavy atom. The van der Waals surface area contributed by atoms with E-state index < -0.39 is 0 Å². The summed E-state index contributed by atoms with van der Waals surface area (Å²) in [6.07, 6.45) is 4.66. The smallest absolute Gasteiger partial charge is 0.273 e. The Morgan fingerprint density at radius 1 is 1.19 bits per heavy atom. The highest BCUT2D eigenvalue weighted by Crippen LogP contribution is 2.31. The maximum atomic E-state index is 11.8. The minimum Gasteiger partial charge on any atom is -0.463 e. The molecule has 0 atom stereocenters. The molecular weight excluding hydrogens is 270 g/mol. The van der Waals surface area contributed by atoms with Gasteiger partial charge in [-0.05, 0) is 24.3 Å². The van der Waals surface area contributed by atoms with E-state index in [2.05, 4.69) is 25.1 Å². The average molecular weight is 279 g/mol. The Balaban J connectivity index is 2.08. The lowest BCUT2D eigenvalue weighted by Gasteiger charge is -2.05. The molecule has 4 heterocycles. The molecule has 0 amide bonds. The van der Waals surface area contributed by atoms with Gasteiger partial charge in [0.2, 0.25) is 0 Å². The van der Waals surface area contributed by atoms with Crippen LogP contribution in [0.2, 0.25) is 0 Å². The minimum absolute atomic E-state index is 0.223. The van der Waals surface area contributed by atoms with Crippen molar-refractivity contribution in [1.82, 2.24) is 25.1 Å². The van der Waals surface area contributed by atoms with Crippen molar-refractivity contribution in [3.8, 4) is 22.7 Å². The highest BCUT2D eigenvalue weighted by atomic mass is 16.3. The van der Waals surface area contributed by atoms with Crippen molar-refractivity contribution in [1.29, 1.82) is 0 Å². The second kappa shape index (κ2) is 4.41. The second-order valence-corrected chi connectivity index (χ2v) is 4.43. The summed E-state index contributed by atoms with van der Waals surface area (Å²) < 4.78 is 5.43. The van der Waals surface area contributed by atoms with E-state index in [9.17, 15) is 4.79 Å². The molecule has 2 N–H and O–H groups in total. The summed E-state index contributed by atoms with van der Waals surface area (Å²) in [6, 6.07) is 7.10. The molecule has 0 unspecified atom stereocenters. The van der Waals surface area contributed by atoms with Crippen molar-refractivity contribution in [2.75, 3.05) is 0 Å². The van der Waals surface area contributed by atoms with Gasteiger partial charge in [-0.25, -0.2) is 15.0 Å². The number of pyridine rings is 1. The molecule has 0 radical (unpaired) electrons. The summed E-state index contributed by atoms with van der Waals surface area (Å²) >= 11 is 0. The van der Waals surface area contributed by atoms with Crippen molar-refractivity contribution in [3.63, 3.8) is 0 Å². The van der Waals surface area contributed by atoms with Crippen LogP contribution in [-0.2, 0) is 0 Å². The number of nitrogens with zero attached hydrogens (tertiary/aromatic N) is 3. The first-order valence-corrected chi connectivity index (χ1v) is 6.24. The molecule has 0 bridgehead atoms. The number of rotatable bonds is 2. The molecule has 0 aromatic carbocycles. The van der Waals surface area contributed by atoms with Gasteiger partial charge in [0.15, 0.2) is 11.4 Å². The van der Waals surface area contributed by atoms with Crippen LogP contribution in [0.15, 0.2) is 52.3 Å². The minimum atomic E-state index is -0.223. The normalized spacial score (nSPS) is 11.0. The second-order valence-electron chi connectivity index (χ2n) is 4.43. The summed E-state index contributed by atoms with van der Waals surface area (Å²) in [6.45, 7) is 0. The summed E-state index contributed by atoms with van der Waals surface area (Å²) in [5.41, 5.74) is 2.25. The fourth-order valence-electron chi connectivity index (χ4n) is 2.21. The highest BCUT2D eigenvalue weighted by molar-refractivity contribution is 5.87. The van der Waals surface area contributed by atoms with E-state index in [-0.39, 0.29) is 5.56 Å². The first-order chi connectivity index (χ1) is 10.3. The summed E-state index contributed by atoms with van der Waals surface area (Å²) in [7, 11) is 0. The SMILES string of the molecule is O=c1[nH][nH]c2nc(-c3ccco3)c(-c3ccncn3)cc12. The van der Waals surface area contributed by atoms with Gasteiger partial charge in [-0.1, -0.05) is 0 Å². The topological polar surface area (TPSA) is 100 Å². The van der Waals surface area contributed by atoms with E-state index in [4.69, 9.17) is 4.42 Å². The molecule has 102 valence electrons. The molecular formula is C14H9N5O2. The van der Waals surface area contributed by atoms with Gasteiger partial charge in [0.1, 0.15) is 12.0 Å².